The van der Waals surface area contributed by atoms with E-state index in [1.807, 2.05) is 30.3 Å². The highest BCUT2D eigenvalue weighted by molar-refractivity contribution is 6.46. The van der Waals surface area contributed by atoms with Crippen LogP contribution in [0.2, 0.25) is 0 Å². The number of aliphatic hydroxyl groups excluding tert-OH is 1. The first-order valence-electron chi connectivity index (χ1n) is 11.4. The van der Waals surface area contributed by atoms with E-state index in [1.165, 1.54) is 4.90 Å². The topological polar surface area (TPSA) is 97.0 Å². The Labute approximate surface area is 207 Å². The van der Waals surface area contributed by atoms with Crippen LogP contribution in [0.3, 0.4) is 0 Å². The number of Topliss-reactive ketones (excluding diaryl/α,β-unsaturated/α-hetero) is 1. The molecule has 8 heteroatoms. The minimum absolute atomic E-state index is 0.00138. The number of aryl methyl sites for hydroxylation is 1. The molecule has 0 saturated carbocycles. The van der Waals surface area contributed by atoms with Crippen LogP contribution >= 0.6 is 0 Å². The maximum atomic E-state index is 13.4. The second kappa shape index (κ2) is 9.50. The van der Waals surface area contributed by atoms with Gasteiger partial charge in [0, 0.05) is 25.1 Å². The number of aromatic nitrogens is 3. The summed E-state index contributed by atoms with van der Waals surface area (Å²) in [7, 11) is 0. The molecule has 3 aromatic heterocycles. The fourth-order valence-corrected chi connectivity index (χ4v) is 4.53. The number of pyridine rings is 2. The minimum atomic E-state index is -0.842. The van der Waals surface area contributed by atoms with Gasteiger partial charge in [0.15, 0.2) is 5.76 Å². The molecular weight excluding hydrogens is 456 g/mol. The molecule has 5 rings (SSSR count). The third kappa shape index (κ3) is 4.02. The number of carbonyl (C=O) groups is 2. The first-order valence-corrected chi connectivity index (χ1v) is 11.4. The maximum absolute atomic E-state index is 13.4. The Morgan fingerprint density at radius 3 is 2.81 bits per heavy atom. The standard InChI is InChI=1S/C28H24N4O4/c1-3-14-36-21-10-6-9-20(15-21)25-23(26(33)24-18(2)30-22-11-4-5-13-31(22)24)27(34)28(35)32(25)17-19-8-7-12-29-16-19/h3-13,15-16,25,33H,1,14,17H2,2H3/b26-23+. The van der Waals surface area contributed by atoms with Crippen LogP contribution in [-0.2, 0) is 16.1 Å². The molecule has 0 bridgehead atoms. The molecule has 1 saturated heterocycles. The van der Waals surface area contributed by atoms with Crippen molar-refractivity contribution in [3.63, 3.8) is 0 Å². The molecule has 0 aliphatic carbocycles. The predicted octanol–water partition coefficient (Wildman–Crippen LogP) is 4.22. The Morgan fingerprint density at radius 2 is 2.03 bits per heavy atom. The van der Waals surface area contributed by atoms with E-state index in [0.717, 1.165) is 5.56 Å². The van der Waals surface area contributed by atoms with E-state index in [4.69, 9.17) is 4.74 Å². The molecule has 0 radical (unpaired) electrons. The molecule has 1 aliphatic heterocycles. The molecule has 4 aromatic rings. The molecule has 8 nitrogen and oxygen atoms in total. The van der Waals surface area contributed by atoms with Crippen molar-refractivity contribution < 1.29 is 19.4 Å². The lowest BCUT2D eigenvalue weighted by molar-refractivity contribution is -0.140. The van der Waals surface area contributed by atoms with Crippen LogP contribution in [0.1, 0.15) is 28.6 Å². The molecule has 1 amide bonds. The second-order valence-electron chi connectivity index (χ2n) is 8.44. The van der Waals surface area contributed by atoms with Crippen molar-refractivity contribution in [1.29, 1.82) is 0 Å². The van der Waals surface area contributed by atoms with Crippen LogP contribution in [0, 0.1) is 6.92 Å². The van der Waals surface area contributed by atoms with E-state index in [2.05, 4.69) is 16.5 Å². The van der Waals surface area contributed by atoms with Crippen molar-refractivity contribution in [1.82, 2.24) is 19.3 Å². The van der Waals surface area contributed by atoms with Gasteiger partial charge in [-0.3, -0.25) is 19.0 Å². The van der Waals surface area contributed by atoms with Crippen LogP contribution < -0.4 is 4.74 Å². The molecule has 1 aromatic carbocycles. The molecule has 180 valence electrons. The number of ketones is 1. The summed E-state index contributed by atoms with van der Waals surface area (Å²) < 4.78 is 7.41. The summed E-state index contributed by atoms with van der Waals surface area (Å²) >= 11 is 0. The number of likely N-dealkylation sites (tertiary alicyclic amines) is 1. The van der Waals surface area contributed by atoms with E-state index in [0.29, 0.717) is 35.0 Å². The van der Waals surface area contributed by atoms with Crippen molar-refractivity contribution in [2.45, 2.75) is 19.5 Å². The Morgan fingerprint density at radius 1 is 1.17 bits per heavy atom. The summed E-state index contributed by atoms with van der Waals surface area (Å²) in [5.41, 5.74) is 2.92. The fraction of sp³-hybridized carbons (Fsp3) is 0.143. The normalized spacial score (nSPS) is 17.0. The van der Waals surface area contributed by atoms with Gasteiger partial charge < -0.3 is 14.7 Å². The van der Waals surface area contributed by atoms with Crippen LogP contribution in [0.25, 0.3) is 11.4 Å². The summed E-state index contributed by atoms with van der Waals surface area (Å²) in [5, 5.41) is 11.6. The van der Waals surface area contributed by atoms with Crippen LogP contribution in [0.4, 0.5) is 0 Å². The number of aliphatic hydroxyl groups is 1. The summed E-state index contributed by atoms with van der Waals surface area (Å²) in [6.45, 7) is 5.88. The van der Waals surface area contributed by atoms with E-state index < -0.39 is 17.7 Å². The monoisotopic (exact) mass is 480 g/mol. The third-order valence-electron chi connectivity index (χ3n) is 6.09. The molecule has 1 aliphatic rings. The largest absolute Gasteiger partial charge is 0.505 e. The van der Waals surface area contributed by atoms with Gasteiger partial charge in [0.2, 0.25) is 0 Å². The van der Waals surface area contributed by atoms with Gasteiger partial charge in [0.1, 0.15) is 23.7 Å². The van der Waals surface area contributed by atoms with Crippen LogP contribution in [0.15, 0.2) is 91.4 Å². The van der Waals surface area contributed by atoms with E-state index in [1.54, 1.807) is 60.3 Å². The number of imidazole rings is 1. The molecule has 4 heterocycles. The van der Waals surface area contributed by atoms with Crippen molar-refractivity contribution in [3.05, 3.63) is 114 Å². The maximum Gasteiger partial charge on any atom is 0.295 e. The minimum Gasteiger partial charge on any atom is -0.505 e. The van der Waals surface area contributed by atoms with Gasteiger partial charge in [0.25, 0.3) is 11.7 Å². The molecule has 1 atom stereocenters. The molecule has 36 heavy (non-hydrogen) atoms. The number of carbonyl (C=O) groups excluding carboxylic acids is 2. The van der Waals surface area contributed by atoms with Gasteiger partial charge in [-0.1, -0.05) is 36.9 Å². The van der Waals surface area contributed by atoms with E-state index in [-0.39, 0.29) is 17.9 Å². The molecular formula is C28H24N4O4. The number of nitrogens with zero attached hydrogens (tertiary/aromatic N) is 4. The number of amides is 1. The smallest absolute Gasteiger partial charge is 0.295 e. The average Bonchev–Trinajstić information content (AvgIpc) is 3.36. The first-order chi connectivity index (χ1) is 17.5. The summed E-state index contributed by atoms with van der Waals surface area (Å²) in [4.78, 5) is 36.8. The zero-order valence-electron chi connectivity index (χ0n) is 19.7. The zero-order chi connectivity index (χ0) is 25.2. The van der Waals surface area contributed by atoms with Crippen molar-refractivity contribution in [3.8, 4) is 5.75 Å². The summed E-state index contributed by atoms with van der Waals surface area (Å²) in [6, 6.07) is 15.4. The number of ether oxygens (including phenoxy) is 1. The van der Waals surface area contributed by atoms with Gasteiger partial charge >= 0.3 is 0 Å². The van der Waals surface area contributed by atoms with Gasteiger partial charge in [0.05, 0.1) is 17.3 Å². The molecule has 0 spiro atoms. The Bertz CT molecular complexity index is 1510. The highest BCUT2D eigenvalue weighted by Gasteiger charge is 2.46. The summed E-state index contributed by atoms with van der Waals surface area (Å²) in [6.07, 6.45) is 6.68. The van der Waals surface area contributed by atoms with E-state index in [9.17, 15) is 14.7 Å². The van der Waals surface area contributed by atoms with Gasteiger partial charge in [-0.2, -0.15) is 0 Å². The first kappa shape index (κ1) is 23.0. The number of rotatable bonds is 7. The Balaban J connectivity index is 1.70. The lowest BCUT2D eigenvalue weighted by Crippen LogP contribution is -2.29. The quantitative estimate of drug-likeness (QED) is 0.184. The predicted molar refractivity (Wildman–Crippen MR) is 134 cm³/mol. The van der Waals surface area contributed by atoms with Gasteiger partial charge in [-0.25, -0.2) is 4.98 Å². The third-order valence-corrected chi connectivity index (χ3v) is 6.09. The van der Waals surface area contributed by atoms with Crippen LogP contribution in [-0.4, -0.2) is 42.7 Å². The second-order valence-corrected chi connectivity index (χ2v) is 8.44. The van der Waals surface area contributed by atoms with Crippen molar-refractivity contribution >= 4 is 23.1 Å². The van der Waals surface area contributed by atoms with Crippen molar-refractivity contribution in [2.75, 3.05) is 6.61 Å². The van der Waals surface area contributed by atoms with Crippen LogP contribution in [0.5, 0.6) is 5.75 Å². The summed E-state index contributed by atoms with van der Waals surface area (Å²) in [5.74, 6) is -1.18. The molecule has 1 fully saturated rings. The van der Waals surface area contributed by atoms with Gasteiger partial charge in [-0.15, -0.1) is 0 Å². The van der Waals surface area contributed by atoms with Crippen molar-refractivity contribution in [2.24, 2.45) is 0 Å². The Hall–Kier alpha value is -4.72. The Kier molecular flexibility index (Phi) is 6.08. The lowest BCUT2D eigenvalue weighted by atomic mass is 9.96. The van der Waals surface area contributed by atoms with Gasteiger partial charge in [-0.05, 0) is 48.4 Å². The zero-order valence-corrected chi connectivity index (χ0v) is 19.7. The SMILES string of the molecule is C=CCOc1cccc(C2/C(=C(\O)c3c(C)nc4ccccn34)C(=O)C(=O)N2Cc2cccnc2)c1. The average molecular weight is 481 g/mol. The highest BCUT2D eigenvalue weighted by atomic mass is 16.5. The molecule has 1 unspecified atom stereocenters. The molecule has 1 N–H and O–H groups in total. The number of hydrogen-bond donors (Lipinski definition) is 1. The number of hydrogen-bond acceptors (Lipinski definition) is 6. The number of benzene rings is 1. The lowest BCUT2D eigenvalue weighted by Gasteiger charge is -2.25. The number of fused-ring (bicyclic) bond motifs is 1. The highest BCUT2D eigenvalue weighted by Crippen LogP contribution is 2.41. The fourth-order valence-electron chi connectivity index (χ4n) is 4.53. The van der Waals surface area contributed by atoms with E-state index >= 15 is 0 Å².